The smallest absolute Gasteiger partial charge is 0.335 e. The molecule has 3 aromatic rings. The first-order chi connectivity index (χ1) is 14.1. The van der Waals surface area contributed by atoms with E-state index in [2.05, 4.69) is 4.99 Å². The number of nitrogens with zero attached hydrogens (tertiary/aromatic N) is 2. The number of carbonyl (C=O) groups is 2. The van der Waals surface area contributed by atoms with Crippen molar-refractivity contribution in [3.63, 3.8) is 0 Å². The zero-order valence-corrected chi connectivity index (χ0v) is 16.5. The minimum Gasteiger partial charge on any atom is -0.478 e. The molecule has 6 heteroatoms. The zero-order chi connectivity index (χ0) is 20.4. The molecule has 0 saturated carbocycles. The van der Waals surface area contributed by atoms with Crippen LogP contribution in [0.25, 0.3) is 16.8 Å². The van der Waals surface area contributed by atoms with E-state index < -0.39 is 5.97 Å². The lowest BCUT2D eigenvalue weighted by Crippen LogP contribution is -2.28. The third-order valence-corrected chi connectivity index (χ3v) is 5.64. The number of amides is 1. The molecule has 0 atom stereocenters. The second kappa shape index (κ2) is 7.93. The minimum absolute atomic E-state index is 0.0985. The number of carboxylic acid groups (broad SMARTS) is 1. The molecule has 0 bridgehead atoms. The molecule has 1 saturated heterocycles. The van der Waals surface area contributed by atoms with Crippen molar-refractivity contribution < 1.29 is 14.7 Å². The van der Waals surface area contributed by atoms with Gasteiger partial charge in [-0.2, -0.15) is 0 Å². The molecule has 1 aliphatic rings. The fourth-order valence-corrected chi connectivity index (χ4v) is 4.26. The summed E-state index contributed by atoms with van der Waals surface area (Å²) >= 11 is 1.30. The molecular weight excluding hydrogens is 384 g/mol. The number of hydrogen-bond acceptors (Lipinski definition) is 4. The van der Waals surface area contributed by atoms with Gasteiger partial charge in [0.2, 0.25) is 0 Å². The molecule has 29 heavy (non-hydrogen) atoms. The molecule has 0 aliphatic carbocycles. The topological polar surface area (TPSA) is 70.0 Å². The predicted molar refractivity (Wildman–Crippen MR) is 117 cm³/mol. The number of amidine groups is 1. The van der Waals surface area contributed by atoms with Crippen LogP contribution in [0.4, 0.5) is 5.69 Å². The minimum atomic E-state index is -1.01. The van der Waals surface area contributed by atoms with Gasteiger partial charge in [0.1, 0.15) is 0 Å². The van der Waals surface area contributed by atoms with Crippen LogP contribution in [0.2, 0.25) is 0 Å². The summed E-state index contributed by atoms with van der Waals surface area (Å²) in [5.74, 6) is -1.11. The summed E-state index contributed by atoms with van der Waals surface area (Å²) in [6, 6.07) is 20.5. The van der Waals surface area contributed by atoms with Gasteiger partial charge in [0.15, 0.2) is 5.17 Å². The van der Waals surface area contributed by atoms with E-state index in [9.17, 15) is 14.7 Å². The highest BCUT2D eigenvalue weighted by molar-refractivity contribution is 8.18. The van der Waals surface area contributed by atoms with Crippen LogP contribution in [0.5, 0.6) is 0 Å². The molecule has 4 rings (SSSR count). The van der Waals surface area contributed by atoms with Crippen molar-refractivity contribution in [3.8, 4) is 0 Å². The van der Waals surface area contributed by atoms with Crippen molar-refractivity contribution in [1.29, 1.82) is 0 Å². The summed E-state index contributed by atoms with van der Waals surface area (Å²) in [5.41, 5.74) is 1.64. The number of aliphatic imine (C=N–C) groups is 1. The van der Waals surface area contributed by atoms with E-state index in [1.54, 1.807) is 17.0 Å². The maximum atomic E-state index is 12.9. The van der Waals surface area contributed by atoms with Gasteiger partial charge in [-0.3, -0.25) is 9.69 Å². The number of aromatic carboxylic acids is 1. The highest BCUT2D eigenvalue weighted by Crippen LogP contribution is 2.35. The van der Waals surface area contributed by atoms with Crippen molar-refractivity contribution >= 4 is 51.3 Å². The quantitative estimate of drug-likeness (QED) is 0.612. The molecule has 3 aromatic carbocycles. The van der Waals surface area contributed by atoms with Gasteiger partial charge in [-0.05, 0) is 59.3 Å². The summed E-state index contributed by atoms with van der Waals surface area (Å²) in [6.07, 6.45) is 1.90. The van der Waals surface area contributed by atoms with Crippen LogP contribution in [0.15, 0.2) is 76.6 Å². The molecule has 144 valence electrons. The summed E-state index contributed by atoms with van der Waals surface area (Å²) in [4.78, 5) is 30.9. The Morgan fingerprint density at radius 3 is 2.66 bits per heavy atom. The molecule has 1 heterocycles. The highest BCUT2D eigenvalue weighted by Gasteiger charge is 2.32. The van der Waals surface area contributed by atoms with E-state index in [1.165, 1.54) is 23.9 Å². The van der Waals surface area contributed by atoms with E-state index in [-0.39, 0.29) is 11.5 Å². The van der Waals surface area contributed by atoms with E-state index in [0.29, 0.717) is 22.3 Å². The average molecular weight is 402 g/mol. The number of benzene rings is 3. The van der Waals surface area contributed by atoms with E-state index in [0.717, 1.165) is 16.3 Å². The van der Waals surface area contributed by atoms with Gasteiger partial charge in [-0.1, -0.05) is 48.5 Å². The fourth-order valence-electron chi connectivity index (χ4n) is 3.21. The normalized spacial score (nSPS) is 16.9. The second-order valence-corrected chi connectivity index (χ2v) is 7.49. The summed E-state index contributed by atoms with van der Waals surface area (Å²) in [7, 11) is 0. The number of rotatable bonds is 4. The van der Waals surface area contributed by atoms with Crippen LogP contribution in [0.1, 0.15) is 22.8 Å². The molecule has 1 amide bonds. The third-order valence-electron chi connectivity index (χ3n) is 4.63. The first kappa shape index (κ1) is 19.0. The van der Waals surface area contributed by atoms with Gasteiger partial charge >= 0.3 is 5.97 Å². The monoisotopic (exact) mass is 402 g/mol. The Kier molecular flexibility index (Phi) is 5.18. The molecule has 1 aliphatic heterocycles. The Hall–Kier alpha value is -3.38. The Morgan fingerprint density at radius 1 is 1.10 bits per heavy atom. The fraction of sp³-hybridized carbons (Fsp3) is 0.0870. The van der Waals surface area contributed by atoms with Crippen LogP contribution in [0.3, 0.4) is 0 Å². The Bertz CT molecular complexity index is 1180. The molecule has 0 aromatic heterocycles. The van der Waals surface area contributed by atoms with E-state index in [1.807, 2.05) is 55.5 Å². The summed E-state index contributed by atoms with van der Waals surface area (Å²) < 4.78 is 0. The Labute approximate surface area is 172 Å². The van der Waals surface area contributed by atoms with Crippen molar-refractivity contribution in [3.05, 3.63) is 82.8 Å². The predicted octanol–water partition coefficient (Wildman–Crippen LogP) is 5.16. The van der Waals surface area contributed by atoms with Crippen molar-refractivity contribution in [2.45, 2.75) is 6.92 Å². The van der Waals surface area contributed by atoms with Crippen LogP contribution >= 0.6 is 11.8 Å². The molecule has 0 unspecified atom stereocenters. The van der Waals surface area contributed by atoms with Gasteiger partial charge in [0.05, 0.1) is 16.2 Å². The lowest BCUT2D eigenvalue weighted by molar-refractivity contribution is -0.122. The number of likely N-dealkylation sites (N-methyl/N-ethyl adjacent to an activating group) is 1. The number of thioether (sulfide) groups is 1. The Balaban J connectivity index is 1.72. The number of fused-ring (bicyclic) bond motifs is 1. The lowest BCUT2D eigenvalue weighted by Gasteiger charge is -2.12. The first-order valence-electron chi connectivity index (χ1n) is 9.18. The molecule has 0 spiro atoms. The second-order valence-electron chi connectivity index (χ2n) is 6.48. The molecule has 0 radical (unpaired) electrons. The maximum Gasteiger partial charge on any atom is 0.335 e. The van der Waals surface area contributed by atoms with Gasteiger partial charge < -0.3 is 5.11 Å². The maximum absolute atomic E-state index is 12.9. The van der Waals surface area contributed by atoms with Crippen molar-refractivity contribution in [1.82, 2.24) is 4.90 Å². The molecule has 5 nitrogen and oxygen atoms in total. The van der Waals surface area contributed by atoms with Crippen LogP contribution < -0.4 is 0 Å². The van der Waals surface area contributed by atoms with Gasteiger partial charge in [-0.25, -0.2) is 9.79 Å². The zero-order valence-electron chi connectivity index (χ0n) is 15.7. The van der Waals surface area contributed by atoms with Crippen LogP contribution in [-0.4, -0.2) is 33.6 Å². The first-order valence-corrected chi connectivity index (χ1v) is 9.99. The number of hydrogen-bond donors (Lipinski definition) is 1. The number of carboxylic acids is 1. The van der Waals surface area contributed by atoms with Crippen molar-refractivity contribution in [2.24, 2.45) is 4.99 Å². The lowest BCUT2D eigenvalue weighted by atomic mass is 10.0. The summed E-state index contributed by atoms with van der Waals surface area (Å²) in [6.45, 7) is 2.37. The summed E-state index contributed by atoms with van der Waals surface area (Å²) in [5, 5.41) is 11.9. The Morgan fingerprint density at radius 2 is 1.86 bits per heavy atom. The van der Waals surface area contributed by atoms with E-state index >= 15 is 0 Å². The van der Waals surface area contributed by atoms with Gasteiger partial charge in [0, 0.05) is 6.54 Å². The van der Waals surface area contributed by atoms with Crippen LogP contribution in [0, 0.1) is 0 Å². The third kappa shape index (κ3) is 3.79. The van der Waals surface area contributed by atoms with Crippen molar-refractivity contribution in [2.75, 3.05) is 6.54 Å². The van der Waals surface area contributed by atoms with E-state index in [4.69, 9.17) is 0 Å². The number of carbonyl (C=O) groups excluding carboxylic acids is 1. The molecule has 1 N–H and O–H groups in total. The largest absolute Gasteiger partial charge is 0.478 e. The van der Waals surface area contributed by atoms with Crippen LogP contribution in [-0.2, 0) is 4.79 Å². The van der Waals surface area contributed by atoms with Gasteiger partial charge in [0.25, 0.3) is 5.91 Å². The van der Waals surface area contributed by atoms with Gasteiger partial charge in [-0.15, -0.1) is 0 Å². The molecular formula is C23H18N2O3S. The SMILES string of the molecule is CCN1C(=O)C(=Cc2cccc3ccccc23)SC1=Nc1cccc(C(=O)O)c1. The molecule has 1 fully saturated rings. The highest BCUT2D eigenvalue weighted by atomic mass is 32.2. The average Bonchev–Trinajstić information content (AvgIpc) is 3.02. The standard InChI is InChI=1S/C23H18N2O3S/c1-2-25-21(26)20(14-16-9-5-8-15-7-3-4-12-19(15)16)29-23(25)24-18-11-6-10-17(13-18)22(27)28/h3-14H,2H2,1H3,(H,27,28).